The summed E-state index contributed by atoms with van der Waals surface area (Å²) in [6.45, 7) is 5.36. The van der Waals surface area contributed by atoms with Gasteiger partial charge in [0.15, 0.2) is 0 Å². The molecule has 0 spiro atoms. The Kier molecular flexibility index (Phi) is 3.57. The highest BCUT2D eigenvalue weighted by Crippen LogP contribution is 2.11. The van der Waals surface area contributed by atoms with Gasteiger partial charge in [0.05, 0.1) is 0 Å². The van der Waals surface area contributed by atoms with Gasteiger partial charge in [0, 0.05) is 32.6 Å². The van der Waals surface area contributed by atoms with Gasteiger partial charge in [-0.25, -0.2) is 0 Å². The second kappa shape index (κ2) is 5.12. The molecule has 86 valence electrons. The monoisotopic (exact) mass is 218 g/mol. The average Bonchev–Trinajstić information content (AvgIpc) is 2.48. The normalized spacial score (nSPS) is 17.3. The third kappa shape index (κ3) is 2.61. The smallest absolute Gasteiger partial charge is 0.224 e. The Morgan fingerprint density at radius 2 is 2.12 bits per heavy atom. The Balaban J connectivity index is 2.08. The number of amides is 1. The van der Waals surface area contributed by atoms with E-state index in [1.54, 1.807) is 0 Å². The standard InChI is InChI=1S/C13H18N2O/c1-11-4-2-3-5-12(11)10-15-9-8-14-7-6-13(15)16/h2-5,14H,6-10H2,1H3. The molecule has 1 fully saturated rings. The third-order valence-electron chi connectivity index (χ3n) is 3.05. The molecule has 1 aliphatic heterocycles. The summed E-state index contributed by atoms with van der Waals surface area (Å²) in [5.74, 6) is 0.258. The molecule has 3 heteroatoms. The second-order valence-electron chi connectivity index (χ2n) is 4.24. The van der Waals surface area contributed by atoms with Crippen LogP contribution in [0.25, 0.3) is 0 Å². The summed E-state index contributed by atoms with van der Waals surface area (Å²) in [5, 5.41) is 3.25. The minimum atomic E-state index is 0.258. The molecular formula is C13H18N2O. The lowest BCUT2D eigenvalue weighted by molar-refractivity contribution is -0.130. The summed E-state index contributed by atoms with van der Waals surface area (Å²) in [6.07, 6.45) is 0.617. The topological polar surface area (TPSA) is 32.3 Å². The summed E-state index contributed by atoms with van der Waals surface area (Å²) in [4.78, 5) is 13.8. The van der Waals surface area contributed by atoms with Crippen molar-refractivity contribution in [2.45, 2.75) is 19.9 Å². The molecule has 16 heavy (non-hydrogen) atoms. The number of hydrogen-bond donors (Lipinski definition) is 1. The van der Waals surface area contributed by atoms with Crippen LogP contribution in [0.4, 0.5) is 0 Å². The maximum absolute atomic E-state index is 11.8. The number of nitrogens with one attached hydrogen (secondary N) is 1. The molecule has 1 heterocycles. The van der Waals surface area contributed by atoms with Crippen LogP contribution in [0.1, 0.15) is 17.5 Å². The van der Waals surface area contributed by atoms with Gasteiger partial charge in [0.25, 0.3) is 0 Å². The lowest BCUT2D eigenvalue weighted by Gasteiger charge is -2.21. The quantitative estimate of drug-likeness (QED) is 0.812. The van der Waals surface area contributed by atoms with E-state index in [0.29, 0.717) is 6.42 Å². The molecule has 0 aliphatic carbocycles. The van der Waals surface area contributed by atoms with Crippen molar-refractivity contribution >= 4 is 5.91 Å². The van der Waals surface area contributed by atoms with Crippen LogP contribution in [0.15, 0.2) is 24.3 Å². The van der Waals surface area contributed by atoms with Crippen LogP contribution in [0.3, 0.4) is 0 Å². The summed E-state index contributed by atoms with van der Waals surface area (Å²) in [5.41, 5.74) is 2.50. The van der Waals surface area contributed by atoms with Gasteiger partial charge in [-0.1, -0.05) is 24.3 Å². The van der Waals surface area contributed by atoms with E-state index in [2.05, 4.69) is 24.4 Å². The second-order valence-corrected chi connectivity index (χ2v) is 4.24. The van der Waals surface area contributed by atoms with E-state index in [9.17, 15) is 4.79 Å². The van der Waals surface area contributed by atoms with Crippen molar-refractivity contribution in [3.8, 4) is 0 Å². The molecule has 0 atom stereocenters. The largest absolute Gasteiger partial charge is 0.337 e. The first kappa shape index (κ1) is 11.1. The maximum Gasteiger partial charge on any atom is 0.224 e. The summed E-state index contributed by atoms with van der Waals surface area (Å²) < 4.78 is 0. The predicted molar refractivity (Wildman–Crippen MR) is 64.1 cm³/mol. The molecule has 1 amide bonds. The molecule has 0 aromatic heterocycles. The number of aryl methyl sites for hydroxylation is 1. The molecule has 1 N–H and O–H groups in total. The van der Waals surface area contributed by atoms with Gasteiger partial charge < -0.3 is 10.2 Å². The van der Waals surface area contributed by atoms with Crippen LogP contribution in [0.2, 0.25) is 0 Å². The van der Waals surface area contributed by atoms with E-state index in [-0.39, 0.29) is 5.91 Å². The zero-order valence-corrected chi connectivity index (χ0v) is 9.70. The van der Waals surface area contributed by atoms with Gasteiger partial charge in [-0.3, -0.25) is 4.79 Å². The van der Waals surface area contributed by atoms with Crippen molar-refractivity contribution in [1.82, 2.24) is 10.2 Å². The van der Waals surface area contributed by atoms with Crippen LogP contribution < -0.4 is 5.32 Å². The Morgan fingerprint density at radius 1 is 1.31 bits per heavy atom. The number of carbonyl (C=O) groups excluding carboxylic acids is 1. The fraction of sp³-hybridized carbons (Fsp3) is 0.462. The van der Waals surface area contributed by atoms with Gasteiger partial charge in [-0.05, 0) is 18.1 Å². The van der Waals surface area contributed by atoms with Crippen molar-refractivity contribution < 1.29 is 4.79 Å². The number of rotatable bonds is 2. The molecular weight excluding hydrogens is 200 g/mol. The average molecular weight is 218 g/mol. The highest BCUT2D eigenvalue weighted by Gasteiger charge is 2.16. The molecule has 0 saturated carbocycles. The van der Waals surface area contributed by atoms with Crippen LogP contribution in [-0.4, -0.2) is 30.4 Å². The summed E-state index contributed by atoms with van der Waals surface area (Å²) in [6, 6.07) is 8.25. The molecule has 0 unspecified atom stereocenters. The SMILES string of the molecule is Cc1ccccc1CN1CCNCCC1=O. The third-order valence-corrected chi connectivity index (χ3v) is 3.05. The Bertz CT molecular complexity index is 376. The molecule has 0 bridgehead atoms. The molecule has 1 aliphatic rings. The van der Waals surface area contributed by atoms with Crippen LogP contribution in [-0.2, 0) is 11.3 Å². The van der Waals surface area contributed by atoms with Crippen molar-refractivity contribution in [2.24, 2.45) is 0 Å². The van der Waals surface area contributed by atoms with E-state index in [4.69, 9.17) is 0 Å². The van der Waals surface area contributed by atoms with Crippen molar-refractivity contribution in [2.75, 3.05) is 19.6 Å². The molecule has 2 rings (SSSR count). The van der Waals surface area contributed by atoms with Gasteiger partial charge in [0.1, 0.15) is 0 Å². The fourth-order valence-corrected chi connectivity index (χ4v) is 1.98. The van der Waals surface area contributed by atoms with Crippen molar-refractivity contribution in [3.05, 3.63) is 35.4 Å². The first-order valence-electron chi connectivity index (χ1n) is 5.80. The van der Waals surface area contributed by atoms with E-state index in [1.165, 1.54) is 11.1 Å². The lowest BCUT2D eigenvalue weighted by atomic mass is 10.1. The zero-order chi connectivity index (χ0) is 11.4. The van der Waals surface area contributed by atoms with Crippen LogP contribution in [0.5, 0.6) is 0 Å². The number of nitrogens with zero attached hydrogens (tertiary/aromatic N) is 1. The van der Waals surface area contributed by atoms with Gasteiger partial charge in [0.2, 0.25) is 5.91 Å². The zero-order valence-electron chi connectivity index (χ0n) is 9.70. The summed E-state index contributed by atoms with van der Waals surface area (Å²) >= 11 is 0. The molecule has 3 nitrogen and oxygen atoms in total. The number of hydrogen-bond acceptors (Lipinski definition) is 2. The predicted octanol–water partition coefficient (Wildman–Crippen LogP) is 1.32. The maximum atomic E-state index is 11.8. The minimum absolute atomic E-state index is 0.258. The van der Waals surface area contributed by atoms with E-state index in [0.717, 1.165) is 26.2 Å². The minimum Gasteiger partial charge on any atom is -0.337 e. The molecule has 1 aromatic carbocycles. The summed E-state index contributed by atoms with van der Waals surface area (Å²) in [7, 11) is 0. The van der Waals surface area contributed by atoms with E-state index >= 15 is 0 Å². The first-order valence-corrected chi connectivity index (χ1v) is 5.80. The van der Waals surface area contributed by atoms with Gasteiger partial charge >= 0.3 is 0 Å². The molecule has 0 radical (unpaired) electrons. The van der Waals surface area contributed by atoms with Crippen molar-refractivity contribution in [3.63, 3.8) is 0 Å². The highest BCUT2D eigenvalue weighted by atomic mass is 16.2. The number of carbonyl (C=O) groups is 1. The molecule has 1 aromatic rings. The number of benzene rings is 1. The van der Waals surface area contributed by atoms with Crippen LogP contribution >= 0.6 is 0 Å². The van der Waals surface area contributed by atoms with Gasteiger partial charge in [-0.2, -0.15) is 0 Å². The fourth-order valence-electron chi connectivity index (χ4n) is 1.98. The lowest BCUT2D eigenvalue weighted by Crippen LogP contribution is -2.32. The Hall–Kier alpha value is -1.35. The van der Waals surface area contributed by atoms with E-state index in [1.807, 2.05) is 17.0 Å². The van der Waals surface area contributed by atoms with E-state index < -0.39 is 0 Å². The Morgan fingerprint density at radius 3 is 2.94 bits per heavy atom. The first-order chi connectivity index (χ1) is 7.77. The highest BCUT2D eigenvalue weighted by molar-refractivity contribution is 5.76. The Labute approximate surface area is 96.5 Å². The van der Waals surface area contributed by atoms with Gasteiger partial charge in [-0.15, -0.1) is 0 Å². The van der Waals surface area contributed by atoms with Crippen molar-refractivity contribution in [1.29, 1.82) is 0 Å². The molecule has 1 saturated heterocycles. The van der Waals surface area contributed by atoms with Crippen LogP contribution in [0, 0.1) is 6.92 Å².